The molecule has 0 aliphatic heterocycles. The van der Waals surface area contributed by atoms with Crippen molar-refractivity contribution in [2.24, 2.45) is 0 Å². The zero-order valence-corrected chi connectivity index (χ0v) is 10.8. The Hall–Kier alpha value is -2.39. The van der Waals surface area contributed by atoms with Crippen LogP contribution in [-0.4, -0.2) is 9.91 Å². The maximum atomic E-state index is 10.6. The Labute approximate surface area is 114 Å². The van der Waals surface area contributed by atoms with Gasteiger partial charge in [-0.2, -0.15) is 5.26 Å². The largest absolute Gasteiger partial charge is 0.287 e. The number of hydrogen-bond acceptors (Lipinski definition) is 5. The summed E-state index contributed by atoms with van der Waals surface area (Å²) < 4.78 is 0. The first kappa shape index (κ1) is 13.1. The number of benzene rings is 1. The SMILES string of the molecule is Cc1cc([N+](=O)[O-])cnc1Sc1cccc(C#N)c1. The summed E-state index contributed by atoms with van der Waals surface area (Å²) in [5, 5.41) is 20.2. The summed E-state index contributed by atoms with van der Waals surface area (Å²) in [6, 6.07) is 10.7. The molecule has 0 saturated carbocycles. The number of nitrogens with zero attached hydrogens (tertiary/aromatic N) is 3. The van der Waals surface area contributed by atoms with E-state index in [4.69, 9.17) is 5.26 Å². The molecular weight excluding hydrogens is 262 g/mol. The van der Waals surface area contributed by atoms with Gasteiger partial charge in [0, 0.05) is 11.0 Å². The molecule has 0 bridgehead atoms. The van der Waals surface area contributed by atoms with Crippen LogP contribution in [0.3, 0.4) is 0 Å². The number of nitriles is 1. The van der Waals surface area contributed by atoms with Crippen LogP contribution >= 0.6 is 11.8 Å². The van der Waals surface area contributed by atoms with E-state index in [2.05, 4.69) is 11.1 Å². The third kappa shape index (κ3) is 3.09. The molecule has 2 aromatic rings. The third-order valence-corrected chi connectivity index (χ3v) is 3.51. The Morgan fingerprint density at radius 2 is 2.21 bits per heavy atom. The van der Waals surface area contributed by atoms with Gasteiger partial charge in [0.1, 0.15) is 11.2 Å². The second kappa shape index (κ2) is 5.50. The predicted molar refractivity (Wildman–Crippen MR) is 70.9 cm³/mol. The molecule has 0 atom stereocenters. The molecule has 0 N–H and O–H groups in total. The highest BCUT2D eigenvalue weighted by Crippen LogP contribution is 2.30. The lowest BCUT2D eigenvalue weighted by Crippen LogP contribution is -1.92. The van der Waals surface area contributed by atoms with Crippen LogP contribution in [0.2, 0.25) is 0 Å². The summed E-state index contributed by atoms with van der Waals surface area (Å²) in [6.45, 7) is 1.77. The van der Waals surface area contributed by atoms with E-state index >= 15 is 0 Å². The van der Waals surface area contributed by atoms with Gasteiger partial charge >= 0.3 is 0 Å². The lowest BCUT2D eigenvalue weighted by Gasteiger charge is -2.04. The second-order valence-electron chi connectivity index (χ2n) is 3.81. The quantitative estimate of drug-likeness (QED) is 0.632. The number of aryl methyl sites for hydroxylation is 1. The minimum Gasteiger partial charge on any atom is -0.258 e. The van der Waals surface area contributed by atoms with Gasteiger partial charge in [-0.1, -0.05) is 17.8 Å². The topological polar surface area (TPSA) is 79.8 Å². The van der Waals surface area contributed by atoms with E-state index in [1.807, 2.05) is 6.07 Å². The van der Waals surface area contributed by atoms with E-state index in [0.29, 0.717) is 10.6 Å². The molecule has 2 rings (SSSR count). The number of nitro groups is 1. The van der Waals surface area contributed by atoms with E-state index in [9.17, 15) is 10.1 Å². The molecule has 0 amide bonds. The number of pyridine rings is 1. The van der Waals surface area contributed by atoms with Gasteiger partial charge < -0.3 is 0 Å². The summed E-state index contributed by atoms with van der Waals surface area (Å²) >= 11 is 1.38. The molecule has 1 aromatic carbocycles. The maximum Gasteiger partial charge on any atom is 0.287 e. The Bertz CT molecular complexity index is 680. The third-order valence-electron chi connectivity index (χ3n) is 2.40. The second-order valence-corrected chi connectivity index (χ2v) is 4.88. The highest BCUT2D eigenvalue weighted by atomic mass is 32.2. The van der Waals surface area contributed by atoms with Crippen molar-refractivity contribution in [2.45, 2.75) is 16.8 Å². The monoisotopic (exact) mass is 271 g/mol. The van der Waals surface area contributed by atoms with Gasteiger partial charge in [0.25, 0.3) is 5.69 Å². The maximum absolute atomic E-state index is 10.6. The lowest BCUT2D eigenvalue weighted by atomic mass is 10.2. The Kier molecular flexibility index (Phi) is 3.78. The molecule has 0 saturated heterocycles. The molecule has 0 unspecified atom stereocenters. The molecule has 1 aromatic heterocycles. The predicted octanol–water partition coefficient (Wildman–Crippen LogP) is 3.32. The summed E-state index contributed by atoms with van der Waals surface area (Å²) in [6.07, 6.45) is 1.24. The van der Waals surface area contributed by atoms with Gasteiger partial charge in [0.15, 0.2) is 0 Å². The Morgan fingerprint density at radius 1 is 1.42 bits per heavy atom. The molecule has 0 radical (unpaired) electrons. The van der Waals surface area contributed by atoms with Crippen LogP contribution in [0.1, 0.15) is 11.1 Å². The zero-order valence-electron chi connectivity index (χ0n) is 10.0. The van der Waals surface area contributed by atoms with Crippen molar-refractivity contribution in [1.29, 1.82) is 5.26 Å². The summed E-state index contributed by atoms with van der Waals surface area (Å²) in [5.41, 5.74) is 1.29. The fourth-order valence-electron chi connectivity index (χ4n) is 1.49. The van der Waals surface area contributed by atoms with Crippen molar-refractivity contribution in [3.63, 3.8) is 0 Å². The first-order valence-electron chi connectivity index (χ1n) is 5.39. The average Bonchev–Trinajstić information content (AvgIpc) is 2.41. The minimum atomic E-state index is -0.468. The molecule has 0 fully saturated rings. The molecule has 94 valence electrons. The molecule has 1 heterocycles. The molecular formula is C13H9N3O2S. The minimum absolute atomic E-state index is 0.0207. The lowest BCUT2D eigenvalue weighted by molar-refractivity contribution is -0.385. The summed E-state index contributed by atoms with van der Waals surface area (Å²) in [5.74, 6) is 0. The van der Waals surface area contributed by atoms with Crippen molar-refractivity contribution in [3.05, 3.63) is 57.8 Å². The first-order valence-corrected chi connectivity index (χ1v) is 6.21. The van der Waals surface area contributed by atoms with Crippen LogP contribution in [0.25, 0.3) is 0 Å². The highest BCUT2D eigenvalue weighted by molar-refractivity contribution is 7.99. The Morgan fingerprint density at radius 3 is 2.84 bits per heavy atom. The van der Waals surface area contributed by atoms with Crippen molar-refractivity contribution < 1.29 is 4.92 Å². The molecule has 5 nitrogen and oxygen atoms in total. The standard InChI is InChI=1S/C13H9N3O2S/c1-9-5-11(16(17)18)8-15-13(9)19-12-4-2-3-10(6-12)7-14/h2-6,8H,1H3. The van der Waals surface area contributed by atoms with Gasteiger partial charge in [-0.15, -0.1) is 0 Å². The molecule has 6 heteroatoms. The number of aromatic nitrogens is 1. The van der Waals surface area contributed by atoms with E-state index < -0.39 is 4.92 Å². The van der Waals surface area contributed by atoms with Crippen molar-refractivity contribution in [1.82, 2.24) is 4.98 Å². The first-order chi connectivity index (χ1) is 9.10. The summed E-state index contributed by atoms with van der Waals surface area (Å²) in [4.78, 5) is 15.1. The normalized spacial score (nSPS) is 9.89. The van der Waals surface area contributed by atoms with Crippen LogP contribution in [0.5, 0.6) is 0 Å². The van der Waals surface area contributed by atoms with E-state index in [1.54, 1.807) is 25.1 Å². The van der Waals surface area contributed by atoms with Gasteiger partial charge in [0.2, 0.25) is 0 Å². The average molecular weight is 271 g/mol. The summed E-state index contributed by atoms with van der Waals surface area (Å²) in [7, 11) is 0. The molecule has 0 aliphatic rings. The van der Waals surface area contributed by atoms with Crippen LogP contribution in [0, 0.1) is 28.4 Å². The molecule has 0 spiro atoms. The van der Waals surface area contributed by atoms with Crippen molar-refractivity contribution in [2.75, 3.05) is 0 Å². The fraction of sp³-hybridized carbons (Fsp3) is 0.0769. The molecule has 0 aliphatic carbocycles. The van der Waals surface area contributed by atoms with E-state index in [-0.39, 0.29) is 5.69 Å². The van der Waals surface area contributed by atoms with E-state index in [0.717, 1.165) is 10.5 Å². The molecule has 19 heavy (non-hydrogen) atoms. The number of rotatable bonds is 3. The highest BCUT2D eigenvalue weighted by Gasteiger charge is 2.10. The Balaban J connectivity index is 2.28. The van der Waals surface area contributed by atoms with Gasteiger partial charge in [-0.3, -0.25) is 10.1 Å². The van der Waals surface area contributed by atoms with Crippen molar-refractivity contribution >= 4 is 17.4 Å². The van der Waals surface area contributed by atoms with Crippen LogP contribution < -0.4 is 0 Å². The van der Waals surface area contributed by atoms with Crippen molar-refractivity contribution in [3.8, 4) is 6.07 Å². The van der Waals surface area contributed by atoms with E-state index in [1.165, 1.54) is 24.0 Å². The van der Waals surface area contributed by atoms with Gasteiger partial charge in [-0.25, -0.2) is 4.98 Å². The fourth-order valence-corrected chi connectivity index (χ4v) is 2.38. The van der Waals surface area contributed by atoms with Crippen LogP contribution in [0.4, 0.5) is 5.69 Å². The van der Waals surface area contributed by atoms with Gasteiger partial charge in [0.05, 0.1) is 16.6 Å². The smallest absolute Gasteiger partial charge is 0.258 e. The number of hydrogen-bond donors (Lipinski definition) is 0. The van der Waals surface area contributed by atoms with Gasteiger partial charge in [-0.05, 0) is 30.7 Å². The zero-order chi connectivity index (χ0) is 13.8. The van der Waals surface area contributed by atoms with Crippen LogP contribution in [0.15, 0.2) is 46.5 Å². The van der Waals surface area contributed by atoms with Crippen LogP contribution in [-0.2, 0) is 0 Å².